The van der Waals surface area contributed by atoms with Crippen LogP contribution >= 0.6 is 24.0 Å². The van der Waals surface area contributed by atoms with Crippen molar-refractivity contribution < 1.29 is 0 Å². The van der Waals surface area contributed by atoms with E-state index in [0.717, 1.165) is 32.0 Å². The lowest BCUT2D eigenvalue weighted by Crippen LogP contribution is -2.38. The molecule has 0 aliphatic carbocycles. The number of halogens is 1. The number of rotatable bonds is 9. The van der Waals surface area contributed by atoms with E-state index in [9.17, 15) is 0 Å². The van der Waals surface area contributed by atoms with Crippen LogP contribution in [-0.2, 0) is 6.54 Å². The highest BCUT2D eigenvalue weighted by Crippen LogP contribution is 1.96. The summed E-state index contributed by atoms with van der Waals surface area (Å²) >= 11 is 0. The first-order chi connectivity index (χ1) is 9.36. The standard InChI is InChI=1S/C14H27N5.HI/c1-3-4-5-6-8-17-14(15-2)18-9-7-11-19-12-10-16-13-19;/h10,12-13H,3-9,11H2,1-2H3,(H2,15,17,18);1H. The minimum Gasteiger partial charge on any atom is -0.356 e. The normalized spacial score (nSPS) is 11.0. The van der Waals surface area contributed by atoms with Crippen molar-refractivity contribution >= 4 is 29.9 Å². The Morgan fingerprint density at radius 3 is 2.50 bits per heavy atom. The van der Waals surface area contributed by atoms with E-state index < -0.39 is 0 Å². The van der Waals surface area contributed by atoms with Crippen LogP contribution in [-0.4, -0.2) is 35.6 Å². The molecule has 0 atom stereocenters. The van der Waals surface area contributed by atoms with Gasteiger partial charge in [0.15, 0.2) is 5.96 Å². The molecular formula is C14H28IN5. The van der Waals surface area contributed by atoms with Gasteiger partial charge in [-0.15, -0.1) is 24.0 Å². The molecule has 2 N–H and O–H groups in total. The van der Waals surface area contributed by atoms with Gasteiger partial charge in [0.05, 0.1) is 6.33 Å². The molecule has 1 aromatic rings. The number of nitrogens with zero attached hydrogens (tertiary/aromatic N) is 3. The fraction of sp³-hybridized carbons (Fsp3) is 0.714. The maximum atomic E-state index is 4.22. The summed E-state index contributed by atoms with van der Waals surface area (Å²) in [6.07, 6.45) is 11.8. The second-order valence-corrected chi connectivity index (χ2v) is 4.64. The number of nitrogens with one attached hydrogen (secondary N) is 2. The predicted octanol–water partition coefficient (Wildman–Crippen LogP) is 2.64. The lowest BCUT2D eigenvalue weighted by atomic mass is 10.2. The van der Waals surface area contributed by atoms with E-state index in [1.54, 1.807) is 0 Å². The van der Waals surface area contributed by atoms with Gasteiger partial charge in [0.25, 0.3) is 0 Å². The molecule has 0 aliphatic rings. The summed E-state index contributed by atoms with van der Waals surface area (Å²) in [5.41, 5.74) is 0. The Labute approximate surface area is 139 Å². The fourth-order valence-corrected chi connectivity index (χ4v) is 1.87. The number of hydrogen-bond acceptors (Lipinski definition) is 2. The number of aryl methyl sites for hydroxylation is 1. The highest BCUT2D eigenvalue weighted by atomic mass is 127. The molecule has 1 rings (SSSR count). The average Bonchev–Trinajstić information content (AvgIpc) is 2.94. The summed E-state index contributed by atoms with van der Waals surface area (Å²) in [6.45, 7) is 5.14. The van der Waals surface area contributed by atoms with Crippen LogP contribution in [0, 0.1) is 0 Å². The summed E-state index contributed by atoms with van der Waals surface area (Å²) in [6, 6.07) is 0. The lowest BCUT2D eigenvalue weighted by molar-refractivity contribution is 0.617. The van der Waals surface area contributed by atoms with Crippen molar-refractivity contribution in [2.45, 2.75) is 45.6 Å². The third-order valence-electron chi connectivity index (χ3n) is 2.99. The van der Waals surface area contributed by atoms with E-state index in [1.165, 1.54) is 25.7 Å². The molecule has 20 heavy (non-hydrogen) atoms. The predicted molar refractivity (Wildman–Crippen MR) is 95.8 cm³/mol. The molecule has 0 saturated carbocycles. The minimum atomic E-state index is 0. The molecule has 0 aliphatic heterocycles. The second kappa shape index (κ2) is 13.2. The number of aromatic nitrogens is 2. The first kappa shape index (κ1) is 19.2. The zero-order valence-corrected chi connectivity index (χ0v) is 15.0. The van der Waals surface area contributed by atoms with Gasteiger partial charge in [-0.2, -0.15) is 0 Å². The highest BCUT2D eigenvalue weighted by molar-refractivity contribution is 14.0. The third-order valence-corrected chi connectivity index (χ3v) is 2.99. The smallest absolute Gasteiger partial charge is 0.190 e. The van der Waals surface area contributed by atoms with E-state index >= 15 is 0 Å². The monoisotopic (exact) mass is 393 g/mol. The highest BCUT2D eigenvalue weighted by Gasteiger charge is 1.96. The molecule has 0 amide bonds. The molecule has 0 radical (unpaired) electrons. The van der Waals surface area contributed by atoms with Gasteiger partial charge in [0.1, 0.15) is 0 Å². The molecule has 0 spiro atoms. The number of imidazole rings is 1. The SMILES string of the molecule is CCCCCCNC(=NC)NCCCn1ccnc1.I. The average molecular weight is 393 g/mol. The number of aliphatic imine (C=N–C) groups is 1. The van der Waals surface area contributed by atoms with Crippen LogP contribution in [0.3, 0.4) is 0 Å². The van der Waals surface area contributed by atoms with Crippen molar-refractivity contribution in [3.05, 3.63) is 18.7 Å². The number of guanidine groups is 1. The zero-order valence-electron chi connectivity index (χ0n) is 12.6. The molecule has 116 valence electrons. The van der Waals surface area contributed by atoms with Crippen molar-refractivity contribution in [3.63, 3.8) is 0 Å². The van der Waals surface area contributed by atoms with Gasteiger partial charge in [-0.1, -0.05) is 26.2 Å². The van der Waals surface area contributed by atoms with Gasteiger partial charge in [0.2, 0.25) is 0 Å². The van der Waals surface area contributed by atoms with Crippen LogP contribution in [0.2, 0.25) is 0 Å². The molecule has 0 fully saturated rings. The van der Waals surface area contributed by atoms with Crippen LogP contribution in [0.5, 0.6) is 0 Å². The third kappa shape index (κ3) is 9.17. The van der Waals surface area contributed by atoms with E-state index in [4.69, 9.17) is 0 Å². The molecule has 1 heterocycles. The fourth-order valence-electron chi connectivity index (χ4n) is 1.87. The van der Waals surface area contributed by atoms with E-state index in [2.05, 4.69) is 32.1 Å². The topological polar surface area (TPSA) is 54.2 Å². The van der Waals surface area contributed by atoms with Crippen molar-refractivity contribution in [2.75, 3.05) is 20.1 Å². The largest absolute Gasteiger partial charge is 0.356 e. The quantitative estimate of drug-likeness (QED) is 0.294. The van der Waals surface area contributed by atoms with Gasteiger partial charge >= 0.3 is 0 Å². The molecule has 0 saturated heterocycles. The summed E-state index contributed by atoms with van der Waals surface area (Å²) in [5, 5.41) is 6.67. The second-order valence-electron chi connectivity index (χ2n) is 4.64. The van der Waals surface area contributed by atoms with Crippen molar-refractivity contribution in [1.82, 2.24) is 20.2 Å². The zero-order chi connectivity index (χ0) is 13.8. The molecule has 0 bridgehead atoms. The Morgan fingerprint density at radius 1 is 1.15 bits per heavy atom. The Kier molecular flexibility index (Phi) is 12.7. The molecule has 0 unspecified atom stereocenters. The Bertz CT molecular complexity index is 337. The molecule has 5 nitrogen and oxygen atoms in total. The van der Waals surface area contributed by atoms with E-state index in [0.29, 0.717) is 0 Å². The summed E-state index contributed by atoms with van der Waals surface area (Å²) in [4.78, 5) is 8.24. The molecule has 0 aromatic carbocycles. The van der Waals surface area contributed by atoms with Crippen LogP contribution in [0.1, 0.15) is 39.0 Å². The summed E-state index contributed by atoms with van der Waals surface area (Å²) in [7, 11) is 1.82. The van der Waals surface area contributed by atoms with Gasteiger partial charge in [0, 0.05) is 39.1 Å². The van der Waals surface area contributed by atoms with Gasteiger partial charge < -0.3 is 15.2 Å². The molecule has 6 heteroatoms. The van der Waals surface area contributed by atoms with Gasteiger partial charge in [-0.3, -0.25) is 4.99 Å². The summed E-state index contributed by atoms with van der Waals surface area (Å²) < 4.78 is 2.09. The van der Waals surface area contributed by atoms with Crippen molar-refractivity contribution in [1.29, 1.82) is 0 Å². The Hall–Kier alpha value is -0.790. The van der Waals surface area contributed by atoms with Crippen molar-refractivity contribution in [3.8, 4) is 0 Å². The number of hydrogen-bond donors (Lipinski definition) is 2. The molecule has 1 aromatic heterocycles. The van der Waals surface area contributed by atoms with Crippen LogP contribution in [0.25, 0.3) is 0 Å². The molecular weight excluding hydrogens is 365 g/mol. The van der Waals surface area contributed by atoms with E-state index in [1.807, 2.05) is 25.8 Å². The first-order valence-corrected chi connectivity index (χ1v) is 7.27. The van der Waals surface area contributed by atoms with Crippen LogP contribution in [0.4, 0.5) is 0 Å². The number of unbranched alkanes of at least 4 members (excludes halogenated alkanes) is 3. The minimum absolute atomic E-state index is 0. The van der Waals surface area contributed by atoms with Gasteiger partial charge in [-0.05, 0) is 12.8 Å². The van der Waals surface area contributed by atoms with Crippen LogP contribution < -0.4 is 10.6 Å². The maximum Gasteiger partial charge on any atom is 0.190 e. The van der Waals surface area contributed by atoms with Crippen molar-refractivity contribution in [2.24, 2.45) is 4.99 Å². The first-order valence-electron chi connectivity index (χ1n) is 7.27. The Balaban J connectivity index is 0.00000361. The van der Waals surface area contributed by atoms with Gasteiger partial charge in [-0.25, -0.2) is 4.98 Å². The lowest BCUT2D eigenvalue weighted by Gasteiger charge is -2.11. The maximum absolute atomic E-state index is 4.22. The van der Waals surface area contributed by atoms with E-state index in [-0.39, 0.29) is 24.0 Å². The summed E-state index contributed by atoms with van der Waals surface area (Å²) in [5.74, 6) is 0.905. The van der Waals surface area contributed by atoms with Crippen LogP contribution in [0.15, 0.2) is 23.7 Å². The Morgan fingerprint density at radius 2 is 1.90 bits per heavy atom.